The van der Waals surface area contributed by atoms with Gasteiger partial charge >= 0.3 is 0 Å². The molecule has 0 heterocycles. The van der Waals surface area contributed by atoms with Gasteiger partial charge in [0.1, 0.15) is 0 Å². The molecule has 0 aromatic heterocycles. The maximum atomic E-state index is 12.5. The minimum Gasteiger partial charge on any atom is -0.391 e. The third kappa shape index (κ3) is 4.17. The third-order valence-corrected chi connectivity index (χ3v) is 4.74. The van der Waals surface area contributed by atoms with E-state index in [9.17, 15) is 4.79 Å². The van der Waals surface area contributed by atoms with Gasteiger partial charge in [-0.25, -0.2) is 0 Å². The number of nitrogens with one attached hydrogen (secondary N) is 1. The third-order valence-electron chi connectivity index (χ3n) is 4.12. The molecule has 0 unspecified atom stereocenters. The van der Waals surface area contributed by atoms with Crippen molar-refractivity contribution in [3.63, 3.8) is 0 Å². The van der Waals surface area contributed by atoms with E-state index in [0.717, 1.165) is 38.5 Å². The highest BCUT2D eigenvalue weighted by atomic mass is 35.5. The van der Waals surface area contributed by atoms with Crippen molar-refractivity contribution >= 4 is 34.7 Å². The summed E-state index contributed by atoms with van der Waals surface area (Å²) < 4.78 is 0. The average Bonchev–Trinajstić information content (AvgIpc) is 2.41. The van der Waals surface area contributed by atoms with E-state index in [1.807, 2.05) is 0 Å². The van der Waals surface area contributed by atoms with Gasteiger partial charge in [-0.1, -0.05) is 62.0 Å². The Morgan fingerprint density at radius 1 is 1.19 bits per heavy atom. The summed E-state index contributed by atoms with van der Waals surface area (Å²) in [7, 11) is 0. The van der Waals surface area contributed by atoms with Crippen LogP contribution < -0.4 is 11.1 Å². The molecule has 21 heavy (non-hydrogen) atoms. The number of carbonyl (C=O) groups is 1. The molecule has 1 aromatic rings. The average molecular weight is 325 g/mol. The number of nitrogens with two attached hydrogens (primary N) is 1. The van der Waals surface area contributed by atoms with E-state index in [1.165, 1.54) is 6.42 Å². The van der Waals surface area contributed by atoms with Crippen molar-refractivity contribution in [2.75, 3.05) is 0 Å². The van der Waals surface area contributed by atoms with Crippen LogP contribution in [0.4, 0.5) is 0 Å². The largest absolute Gasteiger partial charge is 0.391 e. The van der Waals surface area contributed by atoms with Crippen molar-refractivity contribution in [3.05, 3.63) is 34.9 Å². The fraction of sp³-hybridized carbons (Fsp3) is 0.500. The lowest BCUT2D eigenvalue weighted by Gasteiger charge is -2.35. The highest BCUT2D eigenvalue weighted by molar-refractivity contribution is 7.80. The number of benzene rings is 1. The summed E-state index contributed by atoms with van der Waals surface area (Å²) in [6.45, 7) is 0. The van der Waals surface area contributed by atoms with Crippen LogP contribution in [0.5, 0.6) is 0 Å². The maximum Gasteiger partial charge on any atom is 0.252 e. The van der Waals surface area contributed by atoms with E-state index in [4.69, 9.17) is 29.6 Å². The Morgan fingerprint density at radius 3 is 2.38 bits per heavy atom. The summed E-state index contributed by atoms with van der Waals surface area (Å²) >= 11 is 11.2. The Labute approximate surface area is 136 Å². The first-order valence-corrected chi connectivity index (χ1v) is 8.20. The highest BCUT2D eigenvalue weighted by Gasteiger charge is 2.35. The van der Waals surface area contributed by atoms with E-state index in [1.54, 1.807) is 24.3 Å². The first kappa shape index (κ1) is 16.2. The standard InChI is InChI=1S/C16H21ClN2OS/c17-13-8-6-7-12(11-13)14(20)19-16(15(18)21)9-4-2-1-3-5-10-16/h6-8,11H,1-5,9-10H2,(H2,18,21)(H,19,20). The van der Waals surface area contributed by atoms with Crippen molar-refractivity contribution in [2.24, 2.45) is 5.73 Å². The molecule has 1 aliphatic carbocycles. The fourth-order valence-electron chi connectivity index (χ4n) is 2.86. The SMILES string of the molecule is NC(=S)C1(NC(=O)c2cccc(Cl)c2)CCCCCCC1. The van der Waals surface area contributed by atoms with Crippen LogP contribution in [-0.2, 0) is 0 Å². The second-order valence-corrected chi connectivity index (χ2v) is 6.55. The van der Waals surface area contributed by atoms with E-state index in [0.29, 0.717) is 15.6 Å². The fourth-order valence-corrected chi connectivity index (χ4v) is 3.31. The van der Waals surface area contributed by atoms with Gasteiger partial charge < -0.3 is 11.1 Å². The lowest BCUT2D eigenvalue weighted by molar-refractivity contribution is 0.0913. The quantitative estimate of drug-likeness (QED) is 0.831. The Morgan fingerprint density at radius 2 is 1.81 bits per heavy atom. The number of amides is 1. The number of carbonyl (C=O) groups excluding carboxylic acids is 1. The van der Waals surface area contributed by atoms with Crippen molar-refractivity contribution in [3.8, 4) is 0 Å². The summed E-state index contributed by atoms with van der Waals surface area (Å²) in [6, 6.07) is 6.92. The molecule has 0 spiro atoms. The van der Waals surface area contributed by atoms with Gasteiger partial charge in [-0.05, 0) is 31.0 Å². The second kappa shape index (κ2) is 7.23. The zero-order valence-corrected chi connectivity index (χ0v) is 13.6. The molecule has 0 aliphatic heterocycles. The van der Waals surface area contributed by atoms with Crippen molar-refractivity contribution in [1.29, 1.82) is 0 Å². The Kier molecular flexibility index (Phi) is 5.59. The van der Waals surface area contributed by atoms with Gasteiger partial charge in [0.05, 0.1) is 10.5 Å². The number of rotatable bonds is 3. The number of hydrogen-bond acceptors (Lipinski definition) is 2. The van der Waals surface area contributed by atoms with Crippen LogP contribution in [0.3, 0.4) is 0 Å². The monoisotopic (exact) mass is 324 g/mol. The molecule has 2 rings (SSSR count). The van der Waals surface area contributed by atoms with Gasteiger partial charge in [-0.3, -0.25) is 4.79 Å². The highest BCUT2D eigenvalue weighted by Crippen LogP contribution is 2.27. The van der Waals surface area contributed by atoms with Gasteiger partial charge in [0, 0.05) is 10.6 Å². The molecular formula is C16H21ClN2OS. The van der Waals surface area contributed by atoms with Gasteiger partial charge in [-0.2, -0.15) is 0 Å². The summed E-state index contributed by atoms with van der Waals surface area (Å²) in [5.74, 6) is -0.161. The molecule has 1 saturated carbocycles. The molecule has 0 bridgehead atoms. The lowest BCUT2D eigenvalue weighted by Crippen LogP contribution is -2.57. The molecule has 1 aliphatic rings. The van der Waals surface area contributed by atoms with E-state index >= 15 is 0 Å². The molecule has 3 N–H and O–H groups in total. The molecule has 0 radical (unpaired) electrons. The molecule has 114 valence electrons. The molecule has 0 atom stereocenters. The Bertz CT molecular complexity index is 525. The van der Waals surface area contributed by atoms with Crippen LogP contribution in [0.25, 0.3) is 0 Å². The molecule has 1 fully saturated rings. The minimum atomic E-state index is -0.560. The van der Waals surface area contributed by atoms with E-state index in [2.05, 4.69) is 5.32 Å². The molecule has 5 heteroatoms. The van der Waals surface area contributed by atoms with Crippen molar-refractivity contribution in [2.45, 2.75) is 50.5 Å². The van der Waals surface area contributed by atoms with Gasteiger partial charge in [0.2, 0.25) is 0 Å². The first-order valence-electron chi connectivity index (χ1n) is 7.41. The lowest BCUT2D eigenvalue weighted by atomic mass is 9.83. The second-order valence-electron chi connectivity index (χ2n) is 5.68. The van der Waals surface area contributed by atoms with Crippen LogP contribution in [0.1, 0.15) is 55.3 Å². The smallest absolute Gasteiger partial charge is 0.252 e. The summed E-state index contributed by atoms with van der Waals surface area (Å²) in [5.41, 5.74) is 5.95. The van der Waals surface area contributed by atoms with Gasteiger partial charge in [0.15, 0.2) is 0 Å². The predicted molar refractivity (Wildman–Crippen MR) is 90.8 cm³/mol. The van der Waals surface area contributed by atoms with Crippen LogP contribution >= 0.6 is 23.8 Å². The molecule has 0 saturated heterocycles. The Balaban J connectivity index is 2.18. The minimum absolute atomic E-state index is 0.161. The zero-order valence-electron chi connectivity index (χ0n) is 12.0. The van der Waals surface area contributed by atoms with Gasteiger partial charge in [-0.15, -0.1) is 0 Å². The molecule has 1 amide bonds. The summed E-state index contributed by atoms with van der Waals surface area (Å²) in [4.78, 5) is 12.9. The van der Waals surface area contributed by atoms with Crippen LogP contribution in [0.2, 0.25) is 5.02 Å². The van der Waals surface area contributed by atoms with Crippen LogP contribution in [0.15, 0.2) is 24.3 Å². The summed E-state index contributed by atoms with van der Waals surface area (Å²) in [6.07, 6.45) is 7.27. The Hall–Kier alpha value is -1.13. The number of hydrogen-bond donors (Lipinski definition) is 2. The molecular weight excluding hydrogens is 304 g/mol. The normalized spacial score (nSPS) is 18.3. The zero-order chi connectivity index (χ0) is 15.3. The van der Waals surface area contributed by atoms with Gasteiger partial charge in [0.25, 0.3) is 5.91 Å². The van der Waals surface area contributed by atoms with E-state index in [-0.39, 0.29) is 5.91 Å². The molecule has 1 aromatic carbocycles. The number of thiocarbonyl (C=S) groups is 1. The van der Waals surface area contributed by atoms with Crippen LogP contribution in [0, 0.1) is 0 Å². The molecule has 3 nitrogen and oxygen atoms in total. The first-order chi connectivity index (χ1) is 10.0. The maximum absolute atomic E-state index is 12.5. The van der Waals surface area contributed by atoms with E-state index < -0.39 is 5.54 Å². The van der Waals surface area contributed by atoms with Crippen LogP contribution in [-0.4, -0.2) is 16.4 Å². The summed E-state index contributed by atoms with van der Waals surface area (Å²) in [5, 5.41) is 3.63. The van der Waals surface area contributed by atoms with Crippen molar-refractivity contribution < 1.29 is 4.79 Å². The van der Waals surface area contributed by atoms with Crippen molar-refractivity contribution in [1.82, 2.24) is 5.32 Å². The predicted octanol–water partition coefficient (Wildman–Crippen LogP) is 3.84. The number of halogens is 1. The topological polar surface area (TPSA) is 55.1 Å².